The molecule has 0 radical (unpaired) electrons. The molecule has 0 saturated carbocycles. The summed E-state index contributed by atoms with van der Waals surface area (Å²) < 4.78 is 30.6. The van der Waals surface area contributed by atoms with E-state index in [-0.39, 0.29) is 21.7 Å². The van der Waals surface area contributed by atoms with Crippen LogP contribution in [0.3, 0.4) is 0 Å². The maximum Gasteiger partial charge on any atom is 0.283 e. The van der Waals surface area contributed by atoms with Gasteiger partial charge in [0.1, 0.15) is 5.84 Å². The molecule has 1 aromatic heterocycles. The van der Waals surface area contributed by atoms with Crippen LogP contribution in [0, 0.1) is 5.41 Å². The fraction of sp³-hybridized carbons (Fsp3) is 0.0588. The molecule has 1 amide bonds. The molecule has 8 nitrogen and oxygen atoms in total. The molecule has 0 saturated heterocycles. The Morgan fingerprint density at radius 2 is 1.93 bits per heavy atom. The minimum absolute atomic E-state index is 0.0142. The van der Waals surface area contributed by atoms with Crippen molar-refractivity contribution in [1.29, 1.82) is 5.41 Å². The lowest BCUT2D eigenvalue weighted by Crippen LogP contribution is -2.45. The lowest BCUT2D eigenvalue weighted by atomic mass is 10.1. The van der Waals surface area contributed by atoms with Crippen molar-refractivity contribution in [2.45, 2.75) is 0 Å². The molecular weight excluding hydrogens is 466 g/mol. The molecule has 11 heteroatoms. The predicted octanol–water partition coefficient (Wildman–Crippen LogP) is 2.86. The monoisotopic (exact) mass is 477 g/mol. The fourth-order valence-electron chi connectivity index (χ4n) is 2.73. The normalized spacial score (nSPS) is 18.4. The zero-order valence-electron chi connectivity index (χ0n) is 14.3. The molecule has 0 atom stereocenters. The molecule has 2 aromatic rings. The van der Waals surface area contributed by atoms with Gasteiger partial charge < -0.3 is 4.57 Å². The number of aliphatic imine (C=N–C) groups is 1. The van der Waals surface area contributed by atoms with Gasteiger partial charge in [0.2, 0.25) is 20.2 Å². The number of carbonyl (C=O) groups is 1. The zero-order valence-corrected chi connectivity index (χ0v) is 17.5. The average molecular weight is 478 g/mol. The van der Waals surface area contributed by atoms with Crippen molar-refractivity contribution in [2.75, 3.05) is 6.26 Å². The van der Waals surface area contributed by atoms with Gasteiger partial charge in [-0.2, -0.15) is 9.39 Å². The summed E-state index contributed by atoms with van der Waals surface area (Å²) >= 11 is 4.16. The molecule has 28 heavy (non-hydrogen) atoms. The topological polar surface area (TPSA) is 108 Å². The Bertz CT molecular complexity index is 1210. The first-order valence-corrected chi connectivity index (χ1v) is 11.3. The highest BCUT2D eigenvalue weighted by Gasteiger charge is 2.41. The van der Waals surface area contributed by atoms with E-state index in [1.807, 2.05) is 41.1 Å². The Kier molecular flexibility index (Phi) is 4.60. The second-order valence-electron chi connectivity index (χ2n) is 5.96. The molecule has 1 aromatic carbocycles. The number of carbonyl (C=O) groups excluding carboxylic acids is 1. The van der Waals surface area contributed by atoms with Crippen LogP contribution in [0.25, 0.3) is 11.8 Å². The number of hydrogen-bond acceptors (Lipinski definition) is 6. The lowest BCUT2D eigenvalue weighted by molar-refractivity contribution is -0.114. The van der Waals surface area contributed by atoms with Gasteiger partial charge in [0.05, 0.1) is 17.5 Å². The number of halogens is 1. The van der Waals surface area contributed by atoms with E-state index in [2.05, 4.69) is 25.3 Å². The van der Waals surface area contributed by atoms with Crippen LogP contribution in [0.4, 0.5) is 0 Å². The Hall–Kier alpha value is -2.50. The molecule has 0 bridgehead atoms. The van der Waals surface area contributed by atoms with Gasteiger partial charge in [0.15, 0.2) is 0 Å². The summed E-state index contributed by atoms with van der Waals surface area (Å²) in [6.07, 6.45) is 4.35. The maximum atomic E-state index is 12.5. The molecule has 4 rings (SSSR count). The molecule has 0 spiro atoms. The number of fused-ring (bicyclic) bond motifs is 1. The Labute approximate surface area is 173 Å². The number of nitrogens with zero attached hydrogens (tertiary/aromatic N) is 4. The highest BCUT2D eigenvalue weighted by Crippen LogP contribution is 2.30. The Morgan fingerprint density at radius 1 is 1.21 bits per heavy atom. The van der Waals surface area contributed by atoms with Crippen molar-refractivity contribution in [3.63, 3.8) is 0 Å². The first-order chi connectivity index (χ1) is 13.3. The summed E-state index contributed by atoms with van der Waals surface area (Å²) in [7, 11) is -3.68. The van der Waals surface area contributed by atoms with Crippen LogP contribution in [0.15, 0.2) is 62.0 Å². The first-order valence-electron chi connectivity index (χ1n) is 7.88. The summed E-state index contributed by atoms with van der Waals surface area (Å²) in [5.74, 6) is -0.884. The van der Waals surface area contributed by atoms with E-state index in [4.69, 9.17) is 5.41 Å². The highest BCUT2D eigenvalue weighted by atomic mass is 79.9. The van der Waals surface area contributed by atoms with E-state index in [1.54, 1.807) is 6.07 Å². The van der Waals surface area contributed by atoms with Gasteiger partial charge in [-0.05, 0) is 42.5 Å². The van der Waals surface area contributed by atoms with Crippen molar-refractivity contribution in [2.24, 2.45) is 9.39 Å². The lowest BCUT2D eigenvalue weighted by Gasteiger charge is -2.23. The van der Waals surface area contributed by atoms with Gasteiger partial charge in [-0.15, -0.1) is 0 Å². The molecule has 2 aliphatic heterocycles. The van der Waals surface area contributed by atoms with Crippen molar-refractivity contribution in [1.82, 2.24) is 9.47 Å². The average Bonchev–Trinajstić information content (AvgIpc) is 3.26. The van der Waals surface area contributed by atoms with E-state index in [1.165, 1.54) is 6.08 Å². The maximum absolute atomic E-state index is 12.5. The van der Waals surface area contributed by atoms with Crippen molar-refractivity contribution >= 4 is 65.9 Å². The minimum atomic E-state index is -3.68. The first kappa shape index (κ1) is 18.8. The number of benzene rings is 1. The number of nitrogens with one attached hydrogen (secondary N) is 1. The van der Waals surface area contributed by atoms with Crippen molar-refractivity contribution < 1.29 is 13.2 Å². The van der Waals surface area contributed by atoms with Crippen LogP contribution < -0.4 is 0 Å². The van der Waals surface area contributed by atoms with E-state index in [0.29, 0.717) is 5.69 Å². The van der Waals surface area contributed by atoms with Gasteiger partial charge in [0, 0.05) is 28.3 Å². The fourth-order valence-corrected chi connectivity index (χ4v) is 4.84. The standard InChI is InChI=1S/C17H12BrN5O3S2/c1-28(25,26)17-21-27-16-20-15(24)13(14(19)23(16)17)9-12-3-2-8-22(12)11-6-4-10(18)5-7-11/h2-9,19H,1H3/b13-9-,19-14?. The van der Waals surface area contributed by atoms with Crippen LogP contribution in [-0.2, 0) is 14.6 Å². The van der Waals surface area contributed by atoms with Gasteiger partial charge in [-0.3, -0.25) is 10.2 Å². The van der Waals surface area contributed by atoms with Crippen LogP contribution in [0.2, 0.25) is 0 Å². The van der Waals surface area contributed by atoms with E-state index in [0.717, 1.165) is 33.3 Å². The third kappa shape index (κ3) is 3.25. The summed E-state index contributed by atoms with van der Waals surface area (Å²) in [5.41, 5.74) is 1.51. The number of amidine groups is 3. The molecule has 0 fully saturated rings. The summed E-state index contributed by atoms with van der Waals surface area (Å²) in [6, 6.07) is 11.2. The van der Waals surface area contributed by atoms with Crippen LogP contribution in [-0.4, -0.2) is 46.2 Å². The molecule has 0 aliphatic carbocycles. The highest BCUT2D eigenvalue weighted by molar-refractivity contribution is 9.10. The number of amides is 1. The predicted molar refractivity (Wildman–Crippen MR) is 113 cm³/mol. The third-order valence-electron chi connectivity index (χ3n) is 4.00. The van der Waals surface area contributed by atoms with Crippen LogP contribution in [0.5, 0.6) is 0 Å². The number of sulfone groups is 1. The van der Waals surface area contributed by atoms with Gasteiger partial charge in [0.25, 0.3) is 5.91 Å². The largest absolute Gasteiger partial charge is 0.317 e. The minimum Gasteiger partial charge on any atom is -0.317 e. The second kappa shape index (κ2) is 6.83. The third-order valence-corrected chi connectivity index (χ3v) is 6.29. The van der Waals surface area contributed by atoms with E-state index >= 15 is 0 Å². The second-order valence-corrected chi connectivity index (χ2v) is 9.51. The van der Waals surface area contributed by atoms with Gasteiger partial charge >= 0.3 is 0 Å². The Morgan fingerprint density at radius 3 is 2.61 bits per heavy atom. The molecule has 1 N–H and O–H groups in total. The van der Waals surface area contributed by atoms with E-state index in [9.17, 15) is 13.2 Å². The summed E-state index contributed by atoms with van der Waals surface area (Å²) in [6.45, 7) is 0. The molecule has 0 unspecified atom stereocenters. The van der Waals surface area contributed by atoms with Crippen LogP contribution >= 0.6 is 27.9 Å². The molecule has 3 heterocycles. The number of rotatable bonds is 2. The molecule has 2 aliphatic rings. The quantitative estimate of drug-likeness (QED) is 0.528. The van der Waals surface area contributed by atoms with Crippen molar-refractivity contribution in [3.05, 3.63) is 58.3 Å². The van der Waals surface area contributed by atoms with Crippen LogP contribution in [0.1, 0.15) is 5.69 Å². The van der Waals surface area contributed by atoms with Gasteiger partial charge in [-0.25, -0.2) is 13.3 Å². The Balaban J connectivity index is 1.77. The number of aromatic nitrogens is 1. The SMILES string of the molecule is CS(=O)(=O)C1=NSC2=NC(=O)/C(=C\c3cccn3-c3ccc(Br)cc3)C(=N)N21. The van der Waals surface area contributed by atoms with Gasteiger partial charge in [-0.1, -0.05) is 15.9 Å². The summed E-state index contributed by atoms with van der Waals surface area (Å²) in [4.78, 5) is 17.5. The number of hydrogen-bond donors (Lipinski definition) is 1. The molecule has 142 valence electrons. The zero-order chi connectivity index (χ0) is 20.1. The molecular formula is C17H12BrN5O3S2. The van der Waals surface area contributed by atoms with Crippen molar-refractivity contribution in [3.8, 4) is 5.69 Å². The summed E-state index contributed by atoms with van der Waals surface area (Å²) in [5, 5.41) is 8.16. The smallest absolute Gasteiger partial charge is 0.283 e. The van der Waals surface area contributed by atoms with E-state index < -0.39 is 15.7 Å².